The molecule has 2 fully saturated rings. The third-order valence-electron chi connectivity index (χ3n) is 12.5. The number of nitrogens with one attached hydrogen (secondary N) is 4. The summed E-state index contributed by atoms with van der Waals surface area (Å²) in [5, 5.41) is 16.6. The van der Waals surface area contributed by atoms with Crippen molar-refractivity contribution in [1.82, 2.24) is 21.3 Å². The molecule has 2 aromatic carbocycles. The normalized spacial score (nSPS) is 23.7. The quantitative estimate of drug-likeness (QED) is 0.103. The fourth-order valence-electron chi connectivity index (χ4n) is 8.95. The van der Waals surface area contributed by atoms with Crippen LogP contribution in [0.25, 0.3) is 0 Å². The van der Waals surface area contributed by atoms with Gasteiger partial charge in [-0.25, -0.2) is 0 Å². The summed E-state index contributed by atoms with van der Waals surface area (Å²) in [4.78, 5) is 0. The number of allylic oxidation sites excluding steroid dienone is 3. The first-order valence-electron chi connectivity index (χ1n) is 21.5. The van der Waals surface area contributed by atoms with Crippen LogP contribution < -0.4 is 21.3 Å². The van der Waals surface area contributed by atoms with E-state index in [-0.39, 0.29) is 0 Å². The van der Waals surface area contributed by atoms with E-state index >= 15 is 0 Å². The predicted molar refractivity (Wildman–Crippen MR) is 228 cm³/mol. The molecule has 5 heteroatoms. The number of hydrogen-bond donors (Lipinski definition) is 4. The first kappa shape index (κ1) is 41.3. The topological polar surface area (TPSA) is 48.1 Å². The van der Waals surface area contributed by atoms with E-state index < -0.39 is 0 Å². The van der Waals surface area contributed by atoms with E-state index in [4.69, 9.17) is 0 Å². The van der Waals surface area contributed by atoms with Gasteiger partial charge in [0.05, 0.1) is 0 Å². The third-order valence-corrected chi connectivity index (χ3v) is 14.0. The summed E-state index contributed by atoms with van der Waals surface area (Å²) in [6, 6.07) is 20.9. The van der Waals surface area contributed by atoms with E-state index in [9.17, 15) is 0 Å². The lowest BCUT2D eigenvalue weighted by atomic mass is 9.81. The summed E-state index contributed by atoms with van der Waals surface area (Å²) in [7, 11) is 0. The molecular formula is C47H74N4S. The van der Waals surface area contributed by atoms with Gasteiger partial charge >= 0.3 is 0 Å². The zero-order chi connectivity index (χ0) is 36.5. The van der Waals surface area contributed by atoms with Crippen LogP contribution in [0.5, 0.6) is 0 Å². The van der Waals surface area contributed by atoms with E-state index in [1.54, 1.807) is 11.1 Å². The maximum atomic E-state index is 3.95. The standard InChI is InChI=1S/C47H74N4S/c1-6-13-44(49-31-37-20-18-36(7-2)19-21-37)43(8-3)48-30-38-22-24-39(25-23-38)32-50-45-15-10-11-16-46(45)51-33-40-26-28-41(29-27-40)34-52-47-17-12-9-14-42(47)35(4)5/h18,20,22-29,35,42-51H,6-17,19,21,30-34H2,1-5H3. The van der Waals surface area contributed by atoms with Crippen LogP contribution in [-0.2, 0) is 25.4 Å². The first-order valence-corrected chi connectivity index (χ1v) is 22.6. The highest BCUT2D eigenvalue weighted by molar-refractivity contribution is 7.99. The molecule has 6 atom stereocenters. The number of benzene rings is 2. The van der Waals surface area contributed by atoms with Gasteiger partial charge in [0.25, 0.3) is 0 Å². The molecule has 5 rings (SSSR count). The monoisotopic (exact) mass is 727 g/mol. The molecule has 4 N–H and O–H groups in total. The molecule has 2 aromatic rings. The Morgan fingerprint density at radius 1 is 0.615 bits per heavy atom. The van der Waals surface area contributed by atoms with Crippen LogP contribution in [0.3, 0.4) is 0 Å². The van der Waals surface area contributed by atoms with Gasteiger partial charge in [0.1, 0.15) is 0 Å². The van der Waals surface area contributed by atoms with E-state index in [0.29, 0.717) is 24.2 Å². The van der Waals surface area contributed by atoms with Crippen molar-refractivity contribution in [1.29, 1.82) is 0 Å². The summed E-state index contributed by atoms with van der Waals surface area (Å²) < 4.78 is 0. The van der Waals surface area contributed by atoms with Crippen molar-refractivity contribution in [3.8, 4) is 0 Å². The van der Waals surface area contributed by atoms with Crippen LogP contribution >= 0.6 is 11.8 Å². The lowest BCUT2D eigenvalue weighted by Gasteiger charge is -2.34. The van der Waals surface area contributed by atoms with Gasteiger partial charge in [0.2, 0.25) is 0 Å². The van der Waals surface area contributed by atoms with Gasteiger partial charge in [0, 0.05) is 61.3 Å². The average molecular weight is 727 g/mol. The lowest BCUT2D eigenvalue weighted by molar-refractivity contribution is 0.281. The van der Waals surface area contributed by atoms with Gasteiger partial charge in [-0.3, -0.25) is 0 Å². The second-order valence-corrected chi connectivity index (χ2v) is 17.8. The molecule has 0 aliphatic heterocycles. The van der Waals surface area contributed by atoms with Crippen molar-refractivity contribution in [3.05, 3.63) is 94.1 Å². The zero-order valence-corrected chi connectivity index (χ0v) is 34.5. The van der Waals surface area contributed by atoms with E-state index in [2.05, 4.69) is 128 Å². The molecule has 2 saturated carbocycles. The van der Waals surface area contributed by atoms with Gasteiger partial charge in [-0.05, 0) is 91.9 Å². The van der Waals surface area contributed by atoms with Crippen molar-refractivity contribution in [2.45, 2.75) is 179 Å². The fourth-order valence-corrected chi connectivity index (χ4v) is 10.6. The van der Waals surface area contributed by atoms with Gasteiger partial charge < -0.3 is 21.3 Å². The zero-order valence-electron chi connectivity index (χ0n) is 33.7. The highest BCUT2D eigenvalue weighted by Crippen LogP contribution is 2.39. The largest absolute Gasteiger partial charge is 0.309 e. The highest BCUT2D eigenvalue weighted by Gasteiger charge is 2.28. The molecule has 0 heterocycles. The van der Waals surface area contributed by atoms with Gasteiger partial charge in [-0.15, -0.1) is 0 Å². The SMILES string of the molecule is CCCC(NCC1=CC=C(CC)CC1)C(CC)NCc1ccc(CNC2CCCCC2NCc2ccc(CSC3CCCCC3C(C)C)cc2)cc1. The van der Waals surface area contributed by atoms with Crippen molar-refractivity contribution < 1.29 is 0 Å². The van der Waals surface area contributed by atoms with Crippen molar-refractivity contribution >= 4 is 11.8 Å². The third kappa shape index (κ3) is 13.1. The molecule has 288 valence electrons. The van der Waals surface area contributed by atoms with Crippen LogP contribution in [0.15, 0.2) is 71.8 Å². The van der Waals surface area contributed by atoms with E-state index in [0.717, 1.165) is 55.4 Å². The number of thioether (sulfide) groups is 1. The van der Waals surface area contributed by atoms with Crippen LogP contribution in [0.2, 0.25) is 0 Å². The van der Waals surface area contributed by atoms with Crippen molar-refractivity contribution in [2.24, 2.45) is 11.8 Å². The second-order valence-electron chi connectivity index (χ2n) is 16.6. The Hall–Kier alpha value is -1.89. The molecule has 3 aliphatic carbocycles. The Morgan fingerprint density at radius 3 is 1.71 bits per heavy atom. The van der Waals surface area contributed by atoms with Crippen molar-refractivity contribution in [2.75, 3.05) is 6.54 Å². The highest BCUT2D eigenvalue weighted by atomic mass is 32.2. The van der Waals surface area contributed by atoms with Gasteiger partial charge in [-0.2, -0.15) is 11.8 Å². The Kier molecular flexibility index (Phi) is 17.8. The smallest absolute Gasteiger partial charge is 0.0224 e. The Labute approximate surface area is 323 Å². The first-order chi connectivity index (χ1) is 25.4. The molecule has 0 bridgehead atoms. The summed E-state index contributed by atoms with van der Waals surface area (Å²) in [6.07, 6.45) is 22.8. The fraction of sp³-hybridized carbons (Fsp3) is 0.660. The molecular weight excluding hydrogens is 653 g/mol. The van der Waals surface area contributed by atoms with Crippen LogP contribution in [0.4, 0.5) is 0 Å². The molecule has 0 saturated heterocycles. The summed E-state index contributed by atoms with van der Waals surface area (Å²) in [5.74, 6) is 2.86. The molecule has 4 nitrogen and oxygen atoms in total. The Morgan fingerprint density at radius 2 is 1.15 bits per heavy atom. The number of rotatable bonds is 21. The lowest BCUT2D eigenvalue weighted by Crippen LogP contribution is -2.49. The summed E-state index contributed by atoms with van der Waals surface area (Å²) in [6.45, 7) is 15.6. The molecule has 0 spiro atoms. The van der Waals surface area contributed by atoms with Crippen LogP contribution in [0.1, 0.15) is 147 Å². The van der Waals surface area contributed by atoms with E-state index in [1.807, 2.05) is 0 Å². The minimum Gasteiger partial charge on any atom is -0.309 e. The molecule has 0 radical (unpaired) electrons. The number of hydrogen-bond acceptors (Lipinski definition) is 5. The summed E-state index contributed by atoms with van der Waals surface area (Å²) >= 11 is 2.21. The van der Waals surface area contributed by atoms with Crippen LogP contribution in [0, 0.1) is 11.8 Å². The maximum Gasteiger partial charge on any atom is 0.0224 e. The van der Waals surface area contributed by atoms with Gasteiger partial charge in [0.15, 0.2) is 0 Å². The molecule has 0 amide bonds. The van der Waals surface area contributed by atoms with Gasteiger partial charge in [-0.1, -0.05) is 139 Å². The minimum atomic E-state index is 0.476. The van der Waals surface area contributed by atoms with Crippen molar-refractivity contribution in [3.63, 3.8) is 0 Å². The second kappa shape index (κ2) is 22.5. The average Bonchev–Trinajstić information content (AvgIpc) is 3.19. The summed E-state index contributed by atoms with van der Waals surface area (Å²) in [5.41, 5.74) is 8.79. The Bertz CT molecular complexity index is 1350. The van der Waals surface area contributed by atoms with Crippen LogP contribution in [-0.4, -0.2) is 36.0 Å². The minimum absolute atomic E-state index is 0.476. The molecule has 52 heavy (non-hydrogen) atoms. The molecule has 0 aromatic heterocycles. The van der Waals surface area contributed by atoms with E-state index in [1.165, 1.54) is 106 Å². The Balaban J connectivity index is 1.03. The predicted octanol–water partition coefficient (Wildman–Crippen LogP) is 11.0. The molecule has 3 aliphatic rings. The molecule has 6 unspecified atom stereocenters. The maximum absolute atomic E-state index is 3.95.